The van der Waals surface area contributed by atoms with Crippen LogP contribution < -0.4 is 0 Å². The third-order valence-electron chi connectivity index (χ3n) is 10.5. The maximum atomic E-state index is 2.48. The molecule has 238 valence electrons. The Bertz CT molecular complexity index is 3130. The Morgan fingerprint density at radius 2 is 0.922 bits per heavy atom. The highest BCUT2D eigenvalue weighted by molar-refractivity contribution is 7.25. The van der Waals surface area contributed by atoms with Crippen molar-refractivity contribution < 1.29 is 0 Å². The van der Waals surface area contributed by atoms with Gasteiger partial charge in [0.1, 0.15) is 0 Å². The molecular formula is C48H30N2S. The molecule has 0 saturated heterocycles. The first-order valence-electron chi connectivity index (χ1n) is 17.4. The van der Waals surface area contributed by atoms with Crippen molar-refractivity contribution in [2.45, 2.75) is 0 Å². The normalized spacial score (nSPS) is 11.9. The fourth-order valence-corrected chi connectivity index (χ4v) is 9.53. The Morgan fingerprint density at radius 3 is 1.69 bits per heavy atom. The lowest BCUT2D eigenvalue weighted by molar-refractivity contribution is 1.18. The lowest BCUT2D eigenvalue weighted by Gasteiger charge is -2.17. The van der Waals surface area contributed by atoms with Crippen molar-refractivity contribution in [3.05, 3.63) is 182 Å². The quantitative estimate of drug-likeness (QED) is 0.177. The molecule has 0 bridgehead atoms. The minimum Gasteiger partial charge on any atom is -0.309 e. The van der Waals surface area contributed by atoms with E-state index < -0.39 is 0 Å². The molecule has 0 radical (unpaired) electrons. The Morgan fingerprint density at radius 1 is 0.353 bits per heavy atom. The van der Waals surface area contributed by atoms with Gasteiger partial charge in [0.05, 0.1) is 22.1 Å². The maximum Gasteiger partial charge on any atom is 0.0625 e. The molecular weight excluding hydrogens is 637 g/mol. The van der Waals surface area contributed by atoms with Gasteiger partial charge in [-0.25, -0.2) is 0 Å². The molecule has 0 fully saturated rings. The van der Waals surface area contributed by atoms with Gasteiger partial charge < -0.3 is 9.13 Å². The number of para-hydroxylation sites is 4. The van der Waals surface area contributed by atoms with Crippen LogP contribution in [-0.4, -0.2) is 9.13 Å². The number of fused-ring (bicyclic) bond motifs is 9. The summed E-state index contributed by atoms with van der Waals surface area (Å²) in [5, 5.41) is 7.64. The number of thiophene rings is 1. The lowest BCUT2D eigenvalue weighted by atomic mass is 9.89. The molecule has 2 nitrogen and oxygen atoms in total. The van der Waals surface area contributed by atoms with Gasteiger partial charge in [-0.3, -0.25) is 0 Å². The van der Waals surface area contributed by atoms with E-state index in [2.05, 4.69) is 191 Å². The third-order valence-corrected chi connectivity index (χ3v) is 11.7. The first kappa shape index (κ1) is 28.4. The van der Waals surface area contributed by atoms with Gasteiger partial charge in [0.15, 0.2) is 0 Å². The number of rotatable bonds is 4. The van der Waals surface area contributed by atoms with Gasteiger partial charge >= 0.3 is 0 Å². The Balaban J connectivity index is 1.33. The van der Waals surface area contributed by atoms with Gasteiger partial charge in [-0.05, 0) is 71.3 Å². The van der Waals surface area contributed by atoms with Crippen LogP contribution in [0.5, 0.6) is 0 Å². The van der Waals surface area contributed by atoms with Gasteiger partial charge in [-0.15, -0.1) is 11.3 Å². The highest BCUT2D eigenvalue weighted by Crippen LogP contribution is 2.48. The summed E-state index contributed by atoms with van der Waals surface area (Å²) in [6.07, 6.45) is 0. The van der Waals surface area contributed by atoms with Crippen molar-refractivity contribution in [1.82, 2.24) is 9.13 Å². The van der Waals surface area contributed by atoms with Gasteiger partial charge in [-0.1, -0.05) is 127 Å². The largest absolute Gasteiger partial charge is 0.309 e. The van der Waals surface area contributed by atoms with Crippen LogP contribution in [-0.2, 0) is 0 Å². The van der Waals surface area contributed by atoms with Crippen molar-refractivity contribution >= 4 is 75.1 Å². The molecule has 0 aliphatic heterocycles. The van der Waals surface area contributed by atoms with Crippen molar-refractivity contribution in [2.75, 3.05) is 0 Å². The van der Waals surface area contributed by atoms with Gasteiger partial charge in [-0.2, -0.15) is 0 Å². The topological polar surface area (TPSA) is 9.86 Å². The molecule has 3 aromatic heterocycles. The van der Waals surface area contributed by atoms with E-state index in [4.69, 9.17) is 0 Å². The van der Waals surface area contributed by atoms with Crippen LogP contribution in [0.3, 0.4) is 0 Å². The fraction of sp³-hybridized carbons (Fsp3) is 0. The SMILES string of the molecule is c1ccc(-n2c3ccccc3c3ccc(-c4c(-c5cccc6sc7ccccc7c56)ccc5c6ccccc6n(-c6ccccc6)c45)cc32)cc1. The zero-order valence-electron chi connectivity index (χ0n) is 27.6. The van der Waals surface area contributed by atoms with Gasteiger partial charge in [0.2, 0.25) is 0 Å². The summed E-state index contributed by atoms with van der Waals surface area (Å²) >= 11 is 1.87. The standard InChI is InChI=1S/C48H30N2S/c1-3-14-32(15-4-1)49-41-22-10-7-18-34(41)36-27-26-31(30-43(36)49)46-38(37-21-13-25-45-47(37)40-20-9-12-24-44(40)51-45)28-29-39-35-19-8-11-23-42(35)50(48(39)46)33-16-5-2-6-17-33/h1-30H. The van der Waals surface area contributed by atoms with Crippen molar-refractivity contribution in [3.63, 3.8) is 0 Å². The highest BCUT2D eigenvalue weighted by Gasteiger charge is 2.23. The molecule has 0 aliphatic carbocycles. The summed E-state index contributed by atoms with van der Waals surface area (Å²) in [5.41, 5.74) is 12.1. The minimum atomic E-state index is 1.15. The van der Waals surface area contributed by atoms with E-state index in [-0.39, 0.29) is 0 Å². The average Bonchev–Trinajstić information content (AvgIpc) is 3.86. The van der Waals surface area contributed by atoms with Crippen LogP contribution >= 0.6 is 11.3 Å². The van der Waals surface area contributed by atoms with E-state index in [1.165, 1.54) is 86.0 Å². The molecule has 11 aromatic rings. The van der Waals surface area contributed by atoms with E-state index in [0.29, 0.717) is 0 Å². The molecule has 0 atom stereocenters. The van der Waals surface area contributed by atoms with Crippen LogP contribution in [0, 0.1) is 0 Å². The summed E-state index contributed by atoms with van der Waals surface area (Å²) in [4.78, 5) is 0. The van der Waals surface area contributed by atoms with E-state index in [0.717, 1.165) is 11.4 Å². The van der Waals surface area contributed by atoms with E-state index in [1.54, 1.807) is 0 Å². The van der Waals surface area contributed by atoms with Gasteiger partial charge in [0.25, 0.3) is 0 Å². The summed E-state index contributed by atoms with van der Waals surface area (Å²) in [6.45, 7) is 0. The molecule has 0 aliphatic rings. The second kappa shape index (κ2) is 11.0. The second-order valence-corrected chi connectivity index (χ2v) is 14.4. The summed E-state index contributed by atoms with van der Waals surface area (Å²) in [5.74, 6) is 0. The van der Waals surface area contributed by atoms with Crippen molar-refractivity contribution in [3.8, 4) is 33.6 Å². The monoisotopic (exact) mass is 666 g/mol. The zero-order chi connectivity index (χ0) is 33.5. The summed E-state index contributed by atoms with van der Waals surface area (Å²) < 4.78 is 7.53. The number of aromatic nitrogens is 2. The average molecular weight is 667 g/mol. The highest BCUT2D eigenvalue weighted by atomic mass is 32.1. The van der Waals surface area contributed by atoms with E-state index in [1.807, 2.05) is 11.3 Å². The molecule has 51 heavy (non-hydrogen) atoms. The first-order chi connectivity index (χ1) is 25.3. The first-order valence-corrected chi connectivity index (χ1v) is 18.3. The van der Waals surface area contributed by atoms with E-state index >= 15 is 0 Å². The molecule has 8 aromatic carbocycles. The zero-order valence-corrected chi connectivity index (χ0v) is 28.4. The third kappa shape index (κ3) is 4.16. The van der Waals surface area contributed by atoms with Crippen LogP contribution in [0.4, 0.5) is 0 Å². The van der Waals surface area contributed by atoms with Crippen LogP contribution in [0.2, 0.25) is 0 Å². The Kier molecular flexibility index (Phi) is 6.16. The van der Waals surface area contributed by atoms with Crippen LogP contribution in [0.15, 0.2) is 182 Å². The van der Waals surface area contributed by atoms with Crippen LogP contribution in [0.1, 0.15) is 0 Å². The summed E-state index contributed by atoms with van der Waals surface area (Å²) in [7, 11) is 0. The van der Waals surface area contributed by atoms with Gasteiger partial charge in [0, 0.05) is 58.7 Å². The number of nitrogens with zero attached hydrogens (tertiary/aromatic N) is 2. The molecule has 3 heterocycles. The van der Waals surface area contributed by atoms with E-state index in [9.17, 15) is 0 Å². The predicted octanol–water partition coefficient (Wildman–Crippen LogP) is 13.6. The maximum absolute atomic E-state index is 2.48. The van der Waals surface area contributed by atoms with Crippen molar-refractivity contribution in [1.29, 1.82) is 0 Å². The minimum absolute atomic E-state index is 1.15. The molecule has 0 unspecified atom stereocenters. The molecule has 0 amide bonds. The molecule has 0 N–H and O–H groups in total. The molecule has 11 rings (SSSR count). The van der Waals surface area contributed by atoms with Crippen LogP contribution in [0.25, 0.3) is 97.4 Å². The predicted molar refractivity (Wildman–Crippen MR) is 219 cm³/mol. The number of hydrogen-bond acceptors (Lipinski definition) is 1. The van der Waals surface area contributed by atoms with Crippen molar-refractivity contribution in [2.24, 2.45) is 0 Å². The number of benzene rings is 8. The fourth-order valence-electron chi connectivity index (χ4n) is 8.40. The lowest BCUT2D eigenvalue weighted by Crippen LogP contribution is -1.97. The molecule has 0 saturated carbocycles. The Hall–Kier alpha value is -6.42. The second-order valence-electron chi connectivity index (χ2n) is 13.3. The molecule has 3 heteroatoms. The molecule has 0 spiro atoms. The smallest absolute Gasteiger partial charge is 0.0625 e. The Labute approximate surface area is 298 Å². The number of hydrogen-bond donors (Lipinski definition) is 0. The summed E-state index contributed by atoms with van der Waals surface area (Å²) in [6, 6.07) is 66.7.